The first kappa shape index (κ1) is 19.2. The first-order chi connectivity index (χ1) is 14.6. The predicted octanol–water partition coefficient (Wildman–Crippen LogP) is 2.08. The van der Waals surface area contributed by atoms with Crippen LogP contribution in [0.5, 0.6) is 0 Å². The summed E-state index contributed by atoms with van der Waals surface area (Å²) in [5.74, 6) is 0.760. The van der Waals surface area contributed by atoms with Crippen LogP contribution in [0.25, 0.3) is 0 Å². The minimum Gasteiger partial charge on any atom is -0.359 e. The first-order valence-electron chi connectivity index (χ1n) is 10.1. The second-order valence-corrected chi connectivity index (χ2v) is 8.83. The van der Waals surface area contributed by atoms with E-state index in [0.29, 0.717) is 5.76 Å². The largest absolute Gasteiger partial charge is 0.359 e. The van der Waals surface area contributed by atoms with Crippen molar-refractivity contribution in [3.63, 3.8) is 0 Å². The van der Waals surface area contributed by atoms with Crippen LogP contribution < -0.4 is 10.9 Å². The quantitative estimate of drug-likeness (QED) is 0.673. The molecule has 3 aromatic rings. The zero-order valence-electron chi connectivity index (χ0n) is 16.7. The second-order valence-electron chi connectivity index (χ2n) is 8.18. The Morgan fingerprint density at radius 3 is 3.03 bits per heavy atom. The van der Waals surface area contributed by atoms with Crippen LogP contribution in [0.4, 0.5) is 0 Å². The number of carbonyl (C=O) groups excluding carboxylic acids is 1. The summed E-state index contributed by atoms with van der Waals surface area (Å²) in [4.78, 5) is 28.4. The highest BCUT2D eigenvalue weighted by Gasteiger charge is 2.43. The second kappa shape index (κ2) is 7.81. The third-order valence-corrected chi connectivity index (χ3v) is 6.63. The Labute approximate surface area is 177 Å². The fourth-order valence-corrected chi connectivity index (χ4v) is 5.36. The summed E-state index contributed by atoms with van der Waals surface area (Å²) in [6.45, 7) is 4.55. The highest BCUT2D eigenvalue weighted by Crippen LogP contribution is 2.41. The molecule has 1 amide bonds. The number of rotatable bonds is 5. The van der Waals surface area contributed by atoms with E-state index in [9.17, 15) is 9.59 Å². The van der Waals surface area contributed by atoms with Gasteiger partial charge >= 0.3 is 0 Å². The summed E-state index contributed by atoms with van der Waals surface area (Å²) in [6.07, 6.45) is 2.80. The van der Waals surface area contributed by atoms with E-state index in [1.807, 2.05) is 19.2 Å². The van der Waals surface area contributed by atoms with Crippen LogP contribution >= 0.6 is 11.5 Å². The number of aryl methyl sites for hydroxylation is 1. The lowest BCUT2D eigenvalue weighted by atomic mass is 9.78. The van der Waals surface area contributed by atoms with Gasteiger partial charge in [0.05, 0.1) is 12.2 Å². The van der Waals surface area contributed by atoms with Crippen molar-refractivity contribution in [1.29, 1.82) is 0 Å². The number of nitrogens with zero attached hydrogens (tertiary/aromatic N) is 4. The van der Waals surface area contributed by atoms with E-state index < -0.39 is 6.04 Å². The minimum absolute atomic E-state index is 0.0689. The molecule has 0 saturated carbocycles. The van der Waals surface area contributed by atoms with Crippen molar-refractivity contribution in [3.8, 4) is 0 Å². The maximum Gasteiger partial charge on any atom is 0.251 e. The molecular formula is C21H23N5O3S. The van der Waals surface area contributed by atoms with Crippen LogP contribution in [0.15, 0.2) is 45.2 Å². The number of hydrogen-bond donors (Lipinski definition) is 1. The van der Waals surface area contributed by atoms with E-state index in [1.165, 1.54) is 17.1 Å². The smallest absolute Gasteiger partial charge is 0.251 e. The summed E-state index contributed by atoms with van der Waals surface area (Å²) < 4.78 is 11.1. The van der Waals surface area contributed by atoms with Gasteiger partial charge < -0.3 is 9.84 Å². The number of carbonyl (C=O) groups is 1. The van der Waals surface area contributed by atoms with Crippen molar-refractivity contribution >= 4 is 17.4 Å². The zero-order valence-corrected chi connectivity index (χ0v) is 17.5. The molecule has 1 N–H and O–H groups in total. The number of piperidine rings is 1. The number of likely N-dealkylation sites (tertiary alicyclic amines) is 1. The summed E-state index contributed by atoms with van der Waals surface area (Å²) in [6, 6.07) is 6.59. The zero-order chi connectivity index (χ0) is 20.7. The average Bonchev–Trinajstić information content (AvgIpc) is 3.39. The first-order valence-corrected chi connectivity index (χ1v) is 10.9. The fourth-order valence-electron chi connectivity index (χ4n) is 4.84. The number of aromatic nitrogens is 3. The van der Waals surface area contributed by atoms with Crippen molar-refractivity contribution in [2.75, 3.05) is 13.1 Å². The maximum atomic E-state index is 13.3. The molecule has 0 unspecified atom stereocenters. The number of hydrogen-bond acceptors (Lipinski definition) is 7. The van der Waals surface area contributed by atoms with Crippen molar-refractivity contribution in [2.45, 2.75) is 38.4 Å². The van der Waals surface area contributed by atoms with Gasteiger partial charge in [0.15, 0.2) is 5.76 Å². The molecule has 3 atom stereocenters. The molecule has 5 heterocycles. The van der Waals surface area contributed by atoms with Gasteiger partial charge in [-0.15, -0.1) is 0 Å². The molecule has 2 aliphatic rings. The van der Waals surface area contributed by atoms with Gasteiger partial charge in [-0.2, -0.15) is 0 Å². The molecule has 0 aromatic carbocycles. The predicted molar refractivity (Wildman–Crippen MR) is 111 cm³/mol. The summed E-state index contributed by atoms with van der Waals surface area (Å²) in [5.41, 5.74) is 2.79. The molecule has 30 heavy (non-hydrogen) atoms. The third-order valence-electron chi connectivity index (χ3n) is 5.99. The third kappa shape index (κ3) is 3.59. The van der Waals surface area contributed by atoms with Gasteiger partial charge in [-0.25, -0.2) is 4.37 Å². The molecule has 1 fully saturated rings. The summed E-state index contributed by atoms with van der Waals surface area (Å²) in [5, 5.41) is 8.88. The Kier molecular flexibility index (Phi) is 5.00. The molecule has 156 valence electrons. The Balaban J connectivity index is 1.42. The SMILES string of the molecule is Cc1cc(CNC(=O)[C@H]2[C@H]3C[C@H](CN(Cc4cnsc4)C3)c3cccc(=O)n32)on1. The van der Waals surface area contributed by atoms with Crippen LogP contribution in [0.1, 0.15) is 41.1 Å². The van der Waals surface area contributed by atoms with Crippen molar-refractivity contribution in [1.82, 2.24) is 24.3 Å². The molecule has 9 heteroatoms. The summed E-state index contributed by atoms with van der Waals surface area (Å²) >= 11 is 1.45. The molecule has 8 nitrogen and oxygen atoms in total. The van der Waals surface area contributed by atoms with Crippen molar-refractivity contribution in [3.05, 3.63) is 68.9 Å². The van der Waals surface area contributed by atoms with Crippen LogP contribution in [0.3, 0.4) is 0 Å². The lowest BCUT2D eigenvalue weighted by molar-refractivity contribution is -0.128. The van der Waals surface area contributed by atoms with Crippen molar-refractivity contribution < 1.29 is 9.32 Å². The topological polar surface area (TPSA) is 93.3 Å². The van der Waals surface area contributed by atoms with Gasteiger partial charge in [-0.3, -0.25) is 19.1 Å². The highest BCUT2D eigenvalue weighted by molar-refractivity contribution is 7.03. The van der Waals surface area contributed by atoms with Crippen LogP contribution in [-0.2, 0) is 17.9 Å². The Morgan fingerprint density at radius 1 is 1.37 bits per heavy atom. The van der Waals surface area contributed by atoms with E-state index in [0.717, 1.165) is 37.4 Å². The molecule has 0 aliphatic carbocycles. The molecule has 0 spiro atoms. The lowest BCUT2D eigenvalue weighted by Gasteiger charge is -2.46. The number of fused-ring (bicyclic) bond motifs is 4. The molecule has 3 aromatic heterocycles. The fraction of sp³-hybridized carbons (Fsp3) is 0.429. The van der Waals surface area contributed by atoms with Gasteiger partial charge in [0.2, 0.25) is 5.91 Å². The van der Waals surface area contributed by atoms with Gasteiger partial charge in [0, 0.05) is 60.9 Å². The molecular weight excluding hydrogens is 402 g/mol. The van der Waals surface area contributed by atoms with Crippen LogP contribution in [0, 0.1) is 12.8 Å². The van der Waals surface area contributed by atoms with Gasteiger partial charge in [-0.1, -0.05) is 11.2 Å². The van der Waals surface area contributed by atoms with E-state index in [2.05, 4.69) is 25.1 Å². The standard InChI is InChI=1S/C21H23N5O3S/c1-13-5-17(29-24-13)8-22-21(28)20-16-6-15(18-3-2-4-19(27)26(18)20)10-25(11-16)9-14-7-23-30-12-14/h2-5,7,12,15-16,20H,6,8-11H2,1H3,(H,22,28)/t15-,16+,20-/m1/s1. The molecule has 2 bridgehead atoms. The van der Waals surface area contributed by atoms with E-state index >= 15 is 0 Å². The van der Waals surface area contributed by atoms with Gasteiger partial charge in [0.1, 0.15) is 6.04 Å². The van der Waals surface area contributed by atoms with Gasteiger partial charge in [-0.05, 0) is 36.5 Å². The molecule has 5 rings (SSSR count). The Hall–Kier alpha value is -2.78. The summed E-state index contributed by atoms with van der Waals surface area (Å²) in [7, 11) is 0. The Bertz CT molecular complexity index is 1110. The Morgan fingerprint density at radius 2 is 2.27 bits per heavy atom. The van der Waals surface area contributed by atoms with E-state index in [1.54, 1.807) is 22.8 Å². The maximum absolute atomic E-state index is 13.3. The van der Waals surface area contributed by atoms with Crippen LogP contribution in [-0.4, -0.2) is 38.0 Å². The highest BCUT2D eigenvalue weighted by atomic mass is 32.1. The van der Waals surface area contributed by atoms with Gasteiger partial charge in [0.25, 0.3) is 5.56 Å². The number of nitrogens with one attached hydrogen (secondary N) is 1. The monoisotopic (exact) mass is 425 g/mol. The van der Waals surface area contributed by atoms with Crippen molar-refractivity contribution in [2.24, 2.45) is 5.92 Å². The molecule has 1 saturated heterocycles. The lowest BCUT2D eigenvalue weighted by Crippen LogP contribution is -2.53. The normalized spacial score (nSPS) is 23.2. The minimum atomic E-state index is -0.530. The molecule has 0 radical (unpaired) electrons. The number of amides is 1. The van der Waals surface area contributed by atoms with E-state index in [4.69, 9.17) is 4.52 Å². The number of pyridine rings is 1. The van der Waals surface area contributed by atoms with Crippen LogP contribution in [0.2, 0.25) is 0 Å². The molecule has 2 aliphatic heterocycles. The van der Waals surface area contributed by atoms with E-state index in [-0.39, 0.29) is 29.8 Å². The average molecular weight is 426 g/mol.